The summed E-state index contributed by atoms with van der Waals surface area (Å²) in [5.41, 5.74) is 1.45. The van der Waals surface area contributed by atoms with E-state index in [2.05, 4.69) is 20.6 Å². The normalized spacial score (nSPS) is 17.7. The van der Waals surface area contributed by atoms with E-state index in [0.29, 0.717) is 5.69 Å². The molecule has 1 fully saturated rings. The summed E-state index contributed by atoms with van der Waals surface area (Å²) in [6.45, 7) is 1.28. The van der Waals surface area contributed by atoms with E-state index < -0.39 is 6.09 Å². The maximum atomic E-state index is 11.7. The van der Waals surface area contributed by atoms with Crippen LogP contribution in [0.5, 0.6) is 0 Å². The number of aromatic nitrogens is 4. The fraction of sp³-hybridized carbons (Fsp3) is 0.467. The molecule has 23 heavy (non-hydrogen) atoms. The van der Waals surface area contributed by atoms with E-state index in [4.69, 9.17) is 9.47 Å². The van der Waals surface area contributed by atoms with Gasteiger partial charge in [-0.1, -0.05) is 5.21 Å². The maximum absolute atomic E-state index is 11.7. The van der Waals surface area contributed by atoms with Crippen molar-refractivity contribution in [3.8, 4) is 5.69 Å². The van der Waals surface area contributed by atoms with Crippen molar-refractivity contribution >= 4 is 6.09 Å². The van der Waals surface area contributed by atoms with Gasteiger partial charge in [0, 0.05) is 12.8 Å². The second-order valence-corrected chi connectivity index (χ2v) is 5.31. The topological polar surface area (TPSA) is 91.2 Å². The summed E-state index contributed by atoms with van der Waals surface area (Å²) in [7, 11) is 0. The van der Waals surface area contributed by atoms with Crippen molar-refractivity contribution in [2.45, 2.75) is 31.9 Å². The second-order valence-electron chi connectivity index (χ2n) is 5.31. The number of nitrogens with zero attached hydrogens (tertiary/aromatic N) is 4. The van der Waals surface area contributed by atoms with E-state index >= 15 is 0 Å². The van der Waals surface area contributed by atoms with Gasteiger partial charge >= 0.3 is 6.09 Å². The van der Waals surface area contributed by atoms with Crippen molar-refractivity contribution in [1.29, 1.82) is 0 Å². The molecule has 3 heterocycles. The van der Waals surface area contributed by atoms with Crippen molar-refractivity contribution in [1.82, 2.24) is 25.3 Å². The number of amides is 1. The third-order valence-corrected chi connectivity index (χ3v) is 3.54. The predicted molar refractivity (Wildman–Crippen MR) is 80.9 cm³/mol. The average molecular weight is 317 g/mol. The number of pyridine rings is 1. The molecule has 1 atom stereocenters. The zero-order valence-electron chi connectivity index (χ0n) is 12.7. The van der Waals surface area contributed by atoms with Gasteiger partial charge in [-0.25, -0.2) is 9.48 Å². The number of hydrogen-bond acceptors (Lipinski definition) is 6. The van der Waals surface area contributed by atoms with Gasteiger partial charge in [0.1, 0.15) is 12.3 Å². The smallest absolute Gasteiger partial charge is 0.407 e. The zero-order chi connectivity index (χ0) is 15.9. The molecule has 1 aliphatic rings. The van der Waals surface area contributed by atoms with E-state index in [1.807, 2.05) is 12.1 Å². The average Bonchev–Trinajstić information content (AvgIpc) is 3.09. The largest absolute Gasteiger partial charge is 0.447 e. The molecule has 8 heteroatoms. The van der Waals surface area contributed by atoms with Crippen LogP contribution in [0.3, 0.4) is 0 Å². The summed E-state index contributed by atoms with van der Waals surface area (Å²) >= 11 is 0. The van der Waals surface area contributed by atoms with Crippen molar-refractivity contribution in [3.05, 3.63) is 36.4 Å². The van der Waals surface area contributed by atoms with Gasteiger partial charge < -0.3 is 14.8 Å². The molecule has 0 bridgehead atoms. The lowest BCUT2D eigenvalue weighted by Gasteiger charge is -2.21. The molecule has 8 nitrogen and oxygen atoms in total. The van der Waals surface area contributed by atoms with E-state index in [9.17, 15) is 4.79 Å². The monoisotopic (exact) mass is 317 g/mol. The van der Waals surface area contributed by atoms with E-state index in [0.717, 1.165) is 31.6 Å². The van der Waals surface area contributed by atoms with Gasteiger partial charge in [-0.05, 0) is 31.4 Å². The van der Waals surface area contributed by atoms with Crippen molar-refractivity contribution in [2.75, 3.05) is 13.2 Å². The SMILES string of the molecule is O=C(NCc1cn(-c2cccnc2)nn1)OCC1CCCCO1. The Hall–Kier alpha value is -2.48. The number of carbonyl (C=O) groups is 1. The summed E-state index contributed by atoms with van der Waals surface area (Å²) < 4.78 is 12.3. The molecule has 0 spiro atoms. The van der Waals surface area contributed by atoms with Gasteiger partial charge in [0.15, 0.2) is 0 Å². The fourth-order valence-corrected chi connectivity index (χ4v) is 2.32. The molecule has 0 radical (unpaired) electrons. The Balaban J connectivity index is 1.43. The quantitative estimate of drug-likeness (QED) is 0.897. The lowest BCUT2D eigenvalue weighted by molar-refractivity contribution is -0.0224. The molecular formula is C15H19N5O3. The molecule has 122 valence electrons. The number of carbonyl (C=O) groups excluding carboxylic acids is 1. The standard InChI is InChI=1S/C15H19N5O3/c21-15(23-11-14-5-1-2-7-22-14)17-8-12-10-20(19-18-12)13-4-3-6-16-9-13/h3-4,6,9-10,14H,1-2,5,7-8,11H2,(H,17,21). The summed E-state index contributed by atoms with van der Waals surface area (Å²) in [4.78, 5) is 15.7. The molecule has 1 unspecified atom stereocenters. The highest BCUT2D eigenvalue weighted by atomic mass is 16.6. The van der Waals surface area contributed by atoms with Crippen LogP contribution in [-0.2, 0) is 16.0 Å². The molecular weight excluding hydrogens is 298 g/mol. The summed E-state index contributed by atoms with van der Waals surface area (Å²) in [6, 6.07) is 3.69. The molecule has 1 amide bonds. The van der Waals surface area contributed by atoms with Crippen molar-refractivity contribution in [3.63, 3.8) is 0 Å². The van der Waals surface area contributed by atoms with Gasteiger partial charge in [0.2, 0.25) is 0 Å². The van der Waals surface area contributed by atoms with Crippen molar-refractivity contribution in [2.24, 2.45) is 0 Å². The Kier molecular flexibility index (Phi) is 5.15. The van der Waals surface area contributed by atoms with Crippen LogP contribution in [0.4, 0.5) is 4.79 Å². The number of hydrogen-bond donors (Lipinski definition) is 1. The highest BCUT2D eigenvalue weighted by Crippen LogP contribution is 2.12. The van der Waals surface area contributed by atoms with Crippen LogP contribution >= 0.6 is 0 Å². The second kappa shape index (κ2) is 7.68. The molecule has 0 aliphatic carbocycles. The van der Waals surface area contributed by atoms with E-state index in [1.54, 1.807) is 23.3 Å². The Bertz CT molecular complexity index is 625. The lowest BCUT2D eigenvalue weighted by Crippen LogP contribution is -2.30. The third-order valence-electron chi connectivity index (χ3n) is 3.54. The Morgan fingerprint density at radius 3 is 3.22 bits per heavy atom. The minimum Gasteiger partial charge on any atom is -0.447 e. The minimum absolute atomic E-state index is 0.0148. The van der Waals surface area contributed by atoms with Crippen LogP contribution in [0.2, 0.25) is 0 Å². The summed E-state index contributed by atoms with van der Waals surface area (Å²) in [5.74, 6) is 0. The minimum atomic E-state index is -0.477. The Morgan fingerprint density at radius 1 is 1.48 bits per heavy atom. The number of alkyl carbamates (subject to hydrolysis) is 1. The first-order valence-corrected chi connectivity index (χ1v) is 7.65. The van der Waals surface area contributed by atoms with Crippen LogP contribution in [0, 0.1) is 0 Å². The third kappa shape index (κ3) is 4.49. The molecule has 1 saturated heterocycles. The zero-order valence-corrected chi connectivity index (χ0v) is 12.7. The summed E-state index contributed by atoms with van der Waals surface area (Å²) in [6.07, 6.45) is 7.78. The first kappa shape index (κ1) is 15.4. The maximum Gasteiger partial charge on any atom is 0.407 e. The summed E-state index contributed by atoms with van der Waals surface area (Å²) in [5, 5.41) is 10.7. The van der Waals surface area contributed by atoms with Crippen molar-refractivity contribution < 1.29 is 14.3 Å². The van der Waals surface area contributed by atoms with Gasteiger partial charge in [0.05, 0.1) is 30.7 Å². The first-order chi connectivity index (χ1) is 11.3. The molecule has 0 saturated carbocycles. The first-order valence-electron chi connectivity index (χ1n) is 7.65. The number of nitrogens with one attached hydrogen (secondary N) is 1. The Labute approximate surface area is 133 Å². The molecule has 1 aliphatic heterocycles. The van der Waals surface area contributed by atoms with Crippen LogP contribution in [0.15, 0.2) is 30.7 Å². The molecule has 0 aromatic carbocycles. The van der Waals surface area contributed by atoms with E-state index in [1.165, 1.54) is 0 Å². The number of ether oxygens (including phenoxy) is 2. The molecule has 2 aromatic rings. The van der Waals surface area contributed by atoms with Crippen LogP contribution in [0.1, 0.15) is 25.0 Å². The molecule has 1 N–H and O–H groups in total. The fourth-order valence-electron chi connectivity index (χ4n) is 2.32. The van der Waals surface area contributed by atoms with Gasteiger partial charge in [-0.2, -0.15) is 0 Å². The van der Waals surface area contributed by atoms with E-state index in [-0.39, 0.29) is 19.3 Å². The highest BCUT2D eigenvalue weighted by molar-refractivity contribution is 5.67. The molecule has 3 rings (SSSR count). The van der Waals surface area contributed by atoms with Gasteiger partial charge in [-0.3, -0.25) is 4.98 Å². The highest BCUT2D eigenvalue weighted by Gasteiger charge is 2.16. The van der Waals surface area contributed by atoms with Crippen LogP contribution < -0.4 is 5.32 Å². The van der Waals surface area contributed by atoms with Gasteiger partial charge in [0.25, 0.3) is 0 Å². The molecule has 2 aromatic heterocycles. The van der Waals surface area contributed by atoms with Gasteiger partial charge in [-0.15, -0.1) is 5.10 Å². The van der Waals surface area contributed by atoms with Crippen LogP contribution in [-0.4, -0.2) is 45.4 Å². The predicted octanol–water partition coefficient (Wildman–Crippen LogP) is 1.46. The number of rotatable bonds is 5. The van der Waals surface area contributed by atoms with Crippen LogP contribution in [0.25, 0.3) is 5.69 Å². The lowest BCUT2D eigenvalue weighted by atomic mass is 10.1. The Morgan fingerprint density at radius 2 is 2.43 bits per heavy atom.